The second kappa shape index (κ2) is 32.7. The van der Waals surface area contributed by atoms with Crippen LogP contribution in [0.25, 0.3) is 0 Å². The van der Waals surface area contributed by atoms with Crippen molar-refractivity contribution in [2.75, 3.05) is 0 Å². The molecule has 0 spiro atoms. The van der Waals surface area contributed by atoms with E-state index in [0.29, 0.717) is 5.78 Å². The van der Waals surface area contributed by atoms with Crippen molar-refractivity contribution in [3.63, 3.8) is 0 Å². The highest BCUT2D eigenvalue weighted by atomic mass is 16.1. The van der Waals surface area contributed by atoms with Crippen molar-refractivity contribution < 1.29 is 4.79 Å². The fraction of sp³-hybridized carbons (Fsp3) is 0.971. The van der Waals surface area contributed by atoms with Crippen LogP contribution in [0.4, 0.5) is 0 Å². The van der Waals surface area contributed by atoms with Gasteiger partial charge in [-0.3, -0.25) is 4.79 Å². The van der Waals surface area contributed by atoms with Crippen molar-refractivity contribution in [3.8, 4) is 0 Å². The highest BCUT2D eigenvalue weighted by Gasteiger charge is 2.02. The quantitative estimate of drug-likeness (QED) is 0.0829. The van der Waals surface area contributed by atoms with Crippen molar-refractivity contribution in [1.29, 1.82) is 0 Å². The molecule has 0 heterocycles. The van der Waals surface area contributed by atoms with E-state index in [1.54, 1.807) is 0 Å². The molecule has 0 bridgehead atoms. The van der Waals surface area contributed by atoms with E-state index >= 15 is 0 Å². The van der Waals surface area contributed by atoms with E-state index in [1.165, 1.54) is 180 Å². The molecule has 0 aliphatic heterocycles. The molecule has 0 aromatic rings. The summed E-state index contributed by atoms with van der Waals surface area (Å²) in [5.41, 5.74) is 0. The molecule has 0 aromatic heterocycles. The van der Waals surface area contributed by atoms with E-state index in [0.717, 1.165) is 25.7 Å². The van der Waals surface area contributed by atoms with Crippen LogP contribution in [0.1, 0.15) is 219 Å². The first-order valence-corrected chi connectivity index (χ1v) is 17.3. The third-order valence-electron chi connectivity index (χ3n) is 8.12. The minimum absolute atomic E-state index is 0.522. The third-order valence-corrected chi connectivity index (χ3v) is 8.12. The molecular weight excluding hydrogens is 436 g/mol. The highest BCUT2D eigenvalue weighted by Crippen LogP contribution is 2.16. The molecule has 0 aromatic carbocycles. The van der Waals surface area contributed by atoms with Crippen molar-refractivity contribution in [2.45, 2.75) is 219 Å². The summed E-state index contributed by atoms with van der Waals surface area (Å²) in [5.74, 6) is 0.522. The molecule has 0 radical (unpaired) electrons. The third kappa shape index (κ3) is 31.7. The van der Waals surface area contributed by atoms with E-state index < -0.39 is 0 Å². The van der Waals surface area contributed by atoms with Crippen LogP contribution in [0.2, 0.25) is 0 Å². The molecule has 0 saturated carbocycles. The summed E-state index contributed by atoms with van der Waals surface area (Å²) in [6.45, 7) is 4.57. The zero-order chi connectivity index (χ0) is 26.2. The second-order valence-electron chi connectivity index (χ2n) is 11.9. The first-order chi connectivity index (χ1) is 17.8. The molecule has 0 aliphatic carbocycles. The number of carbonyl (C=O) groups is 1. The largest absolute Gasteiger partial charge is 0.300 e. The summed E-state index contributed by atoms with van der Waals surface area (Å²) in [7, 11) is 0. The number of Topliss-reactive ketones (excluding diaryl/α,β-unsaturated/α-hetero) is 1. The van der Waals surface area contributed by atoms with Gasteiger partial charge in [0.05, 0.1) is 0 Å². The zero-order valence-electron chi connectivity index (χ0n) is 25.5. The molecule has 0 N–H and O–H groups in total. The number of hydrogen-bond acceptors (Lipinski definition) is 1. The van der Waals surface area contributed by atoms with Crippen molar-refractivity contribution in [3.05, 3.63) is 0 Å². The lowest BCUT2D eigenvalue weighted by Gasteiger charge is -2.04. The standard InChI is InChI=1S/C35H70O/c1-3-5-7-9-11-13-14-15-16-17-18-19-20-21-22-23-24-25-26-28-30-32-34-35(36)33-31-29-27-12-10-8-6-4-2/h3-34H2,1-2H3. The lowest BCUT2D eigenvalue weighted by Crippen LogP contribution is -1.97. The molecule has 0 fully saturated rings. The fourth-order valence-electron chi connectivity index (χ4n) is 5.51. The van der Waals surface area contributed by atoms with E-state index in [1.807, 2.05) is 0 Å². The maximum absolute atomic E-state index is 12.0. The SMILES string of the molecule is CCCCCCCCCCCCCCCCCCCCCCCCC(=O)CCCCCCCCCC. The van der Waals surface area contributed by atoms with Gasteiger partial charge in [-0.05, 0) is 12.8 Å². The first-order valence-electron chi connectivity index (χ1n) is 17.3. The highest BCUT2D eigenvalue weighted by molar-refractivity contribution is 5.78. The summed E-state index contributed by atoms with van der Waals surface area (Å²) in [4.78, 5) is 12.0. The van der Waals surface area contributed by atoms with Crippen LogP contribution in [0.5, 0.6) is 0 Å². The van der Waals surface area contributed by atoms with Gasteiger partial charge in [-0.2, -0.15) is 0 Å². The van der Waals surface area contributed by atoms with Gasteiger partial charge in [0.2, 0.25) is 0 Å². The van der Waals surface area contributed by atoms with E-state index in [-0.39, 0.29) is 0 Å². The molecule has 0 unspecified atom stereocenters. The Morgan fingerprint density at radius 3 is 0.639 bits per heavy atom. The maximum Gasteiger partial charge on any atom is 0.132 e. The van der Waals surface area contributed by atoms with Crippen LogP contribution < -0.4 is 0 Å². The molecule has 0 saturated heterocycles. The average molecular weight is 507 g/mol. The number of unbranched alkanes of at least 4 members (excludes halogenated alkanes) is 28. The van der Waals surface area contributed by atoms with Gasteiger partial charge in [0, 0.05) is 12.8 Å². The monoisotopic (exact) mass is 507 g/mol. The number of ketones is 1. The van der Waals surface area contributed by atoms with Crippen molar-refractivity contribution in [2.24, 2.45) is 0 Å². The van der Waals surface area contributed by atoms with Gasteiger partial charge in [-0.15, -0.1) is 0 Å². The molecule has 216 valence electrons. The van der Waals surface area contributed by atoms with E-state index in [2.05, 4.69) is 13.8 Å². The van der Waals surface area contributed by atoms with Gasteiger partial charge in [0.1, 0.15) is 5.78 Å². The van der Waals surface area contributed by atoms with Gasteiger partial charge < -0.3 is 0 Å². The molecular formula is C35H70O. The second-order valence-corrected chi connectivity index (χ2v) is 11.9. The molecule has 0 aliphatic rings. The Labute approximate surface area is 229 Å². The van der Waals surface area contributed by atoms with Crippen LogP contribution in [0.15, 0.2) is 0 Å². The minimum Gasteiger partial charge on any atom is -0.300 e. The van der Waals surface area contributed by atoms with Crippen LogP contribution in [-0.2, 0) is 4.79 Å². The van der Waals surface area contributed by atoms with Crippen LogP contribution in [-0.4, -0.2) is 5.78 Å². The van der Waals surface area contributed by atoms with E-state index in [4.69, 9.17) is 0 Å². The van der Waals surface area contributed by atoms with Gasteiger partial charge in [-0.25, -0.2) is 0 Å². The van der Waals surface area contributed by atoms with Crippen LogP contribution >= 0.6 is 0 Å². The van der Waals surface area contributed by atoms with Gasteiger partial charge in [-0.1, -0.05) is 194 Å². The molecule has 1 heteroatoms. The Bertz CT molecular complexity index is 401. The summed E-state index contributed by atoms with van der Waals surface area (Å²) < 4.78 is 0. The lowest BCUT2D eigenvalue weighted by molar-refractivity contribution is -0.119. The fourth-order valence-corrected chi connectivity index (χ4v) is 5.51. The lowest BCUT2D eigenvalue weighted by atomic mass is 10.0. The normalized spacial score (nSPS) is 11.4. The number of carbonyl (C=O) groups excluding carboxylic acids is 1. The Hall–Kier alpha value is -0.330. The number of hydrogen-bond donors (Lipinski definition) is 0. The zero-order valence-corrected chi connectivity index (χ0v) is 25.5. The maximum atomic E-state index is 12.0. The summed E-state index contributed by atoms with van der Waals surface area (Å²) >= 11 is 0. The summed E-state index contributed by atoms with van der Waals surface area (Å²) in [6.07, 6.45) is 43.5. The summed E-state index contributed by atoms with van der Waals surface area (Å²) in [5, 5.41) is 0. The van der Waals surface area contributed by atoms with Crippen LogP contribution in [0.3, 0.4) is 0 Å². The predicted octanol–water partition coefficient (Wildman–Crippen LogP) is 13.1. The first kappa shape index (κ1) is 35.7. The molecule has 0 amide bonds. The van der Waals surface area contributed by atoms with Crippen molar-refractivity contribution >= 4 is 5.78 Å². The molecule has 1 nitrogen and oxygen atoms in total. The molecule has 0 rings (SSSR count). The number of rotatable bonds is 32. The Morgan fingerprint density at radius 2 is 0.444 bits per heavy atom. The smallest absolute Gasteiger partial charge is 0.132 e. The Kier molecular flexibility index (Phi) is 32.4. The Morgan fingerprint density at radius 1 is 0.278 bits per heavy atom. The van der Waals surface area contributed by atoms with Crippen LogP contribution in [0, 0.1) is 0 Å². The molecule has 0 atom stereocenters. The van der Waals surface area contributed by atoms with Gasteiger partial charge in [0.25, 0.3) is 0 Å². The van der Waals surface area contributed by atoms with E-state index in [9.17, 15) is 4.79 Å². The summed E-state index contributed by atoms with van der Waals surface area (Å²) in [6, 6.07) is 0. The predicted molar refractivity (Wildman–Crippen MR) is 164 cm³/mol. The average Bonchev–Trinajstić information content (AvgIpc) is 2.88. The van der Waals surface area contributed by atoms with Gasteiger partial charge in [0.15, 0.2) is 0 Å². The Balaban J connectivity index is 3.11. The molecule has 36 heavy (non-hydrogen) atoms. The minimum atomic E-state index is 0.522. The topological polar surface area (TPSA) is 17.1 Å². The van der Waals surface area contributed by atoms with Crippen molar-refractivity contribution in [1.82, 2.24) is 0 Å². The van der Waals surface area contributed by atoms with Gasteiger partial charge >= 0.3 is 0 Å².